The molecule has 10 heteroatoms. The molecule has 1 aromatic heterocycles. The molecule has 98 valence electrons. The number of aromatic nitrogens is 1. The van der Waals surface area contributed by atoms with Crippen LogP contribution in [-0.4, -0.2) is 24.6 Å². The summed E-state index contributed by atoms with van der Waals surface area (Å²) in [7, 11) is -9.98. The molecule has 0 atom stereocenters. The SMILES string of the molecule is O=P(O)(O)C(c1nc2ccccc2s1)P(=O)(O)O. The van der Waals surface area contributed by atoms with Gasteiger partial charge in [0.1, 0.15) is 5.01 Å². The Kier molecular flexibility index (Phi) is 3.46. The van der Waals surface area contributed by atoms with Crippen molar-refractivity contribution in [3.8, 4) is 0 Å². The van der Waals surface area contributed by atoms with Crippen LogP contribution >= 0.6 is 26.5 Å². The highest BCUT2D eigenvalue weighted by molar-refractivity contribution is 7.70. The molecule has 0 saturated carbocycles. The molecule has 0 spiro atoms. The molecule has 0 saturated heterocycles. The Morgan fingerprint density at radius 3 is 2.11 bits per heavy atom. The number of nitrogens with zero attached hydrogens (tertiary/aromatic N) is 1. The first-order valence-electron chi connectivity index (χ1n) is 4.65. The highest BCUT2D eigenvalue weighted by Crippen LogP contribution is 2.70. The molecule has 0 aliphatic heterocycles. The maximum Gasteiger partial charge on any atom is 0.347 e. The van der Waals surface area contributed by atoms with Crippen LogP contribution in [0.3, 0.4) is 0 Å². The summed E-state index contributed by atoms with van der Waals surface area (Å²) in [6, 6.07) is 6.64. The molecule has 0 fully saturated rings. The first-order valence-corrected chi connectivity index (χ1v) is 8.83. The third-order valence-corrected chi connectivity index (χ3v) is 7.19. The predicted octanol–water partition coefficient (Wildman–Crippen LogP) is 1.65. The van der Waals surface area contributed by atoms with Crippen molar-refractivity contribution in [2.24, 2.45) is 0 Å². The zero-order chi connectivity index (χ0) is 13.6. The van der Waals surface area contributed by atoms with Crippen LogP contribution in [0.15, 0.2) is 24.3 Å². The number of hydrogen-bond donors (Lipinski definition) is 4. The number of fused-ring (bicyclic) bond motifs is 1. The average Bonchev–Trinajstić information content (AvgIpc) is 2.54. The molecule has 1 heterocycles. The summed E-state index contributed by atoms with van der Waals surface area (Å²) in [5.74, 6) is 0. The van der Waals surface area contributed by atoms with E-state index < -0.39 is 20.6 Å². The minimum Gasteiger partial charge on any atom is -0.323 e. The predicted molar refractivity (Wildman–Crippen MR) is 66.4 cm³/mol. The Labute approximate surface area is 105 Å². The van der Waals surface area contributed by atoms with Gasteiger partial charge in [-0.3, -0.25) is 9.13 Å². The van der Waals surface area contributed by atoms with E-state index in [1.54, 1.807) is 24.3 Å². The molecule has 4 N–H and O–H groups in total. The van der Waals surface area contributed by atoms with Gasteiger partial charge < -0.3 is 19.6 Å². The molecule has 18 heavy (non-hydrogen) atoms. The number of rotatable bonds is 3. The second kappa shape index (κ2) is 4.51. The van der Waals surface area contributed by atoms with Gasteiger partial charge in [0.05, 0.1) is 10.2 Å². The second-order valence-electron chi connectivity index (χ2n) is 3.57. The van der Waals surface area contributed by atoms with Crippen molar-refractivity contribution >= 4 is 36.7 Å². The standard InChI is InChI=1S/C8H9NO6P2S/c10-16(11,12)8(17(13,14)15)7-9-5-3-1-2-4-6(5)18-7/h1-4,8H,(H2,10,11,12)(H2,13,14,15). The monoisotopic (exact) mass is 309 g/mol. The topological polar surface area (TPSA) is 128 Å². The van der Waals surface area contributed by atoms with Gasteiger partial charge in [-0.15, -0.1) is 11.3 Å². The van der Waals surface area contributed by atoms with Crippen LogP contribution in [0, 0.1) is 0 Å². The van der Waals surface area contributed by atoms with Gasteiger partial charge in [0.25, 0.3) is 0 Å². The van der Waals surface area contributed by atoms with E-state index in [0.717, 1.165) is 11.3 Å². The summed E-state index contributed by atoms with van der Waals surface area (Å²) in [6.45, 7) is 0. The highest BCUT2D eigenvalue weighted by Gasteiger charge is 2.46. The van der Waals surface area contributed by atoms with Gasteiger partial charge in [-0.05, 0) is 12.1 Å². The van der Waals surface area contributed by atoms with Crippen molar-refractivity contribution in [1.29, 1.82) is 0 Å². The number of hydrogen-bond acceptors (Lipinski definition) is 4. The minimum absolute atomic E-state index is 0.252. The van der Waals surface area contributed by atoms with Crippen LogP contribution < -0.4 is 0 Å². The zero-order valence-corrected chi connectivity index (χ0v) is 11.3. The van der Waals surface area contributed by atoms with E-state index in [1.165, 1.54) is 0 Å². The Balaban J connectivity index is 2.63. The van der Waals surface area contributed by atoms with Crippen LogP contribution in [0.5, 0.6) is 0 Å². The van der Waals surface area contributed by atoms with Gasteiger partial charge in [-0.25, -0.2) is 4.98 Å². The average molecular weight is 309 g/mol. The summed E-state index contributed by atoms with van der Waals surface area (Å²) >= 11 is 0.864. The molecule has 0 amide bonds. The van der Waals surface area contributed by atoms with Crippen LogP contribution in [0.4, 0.5) is 0 Å². The van der Waals surface area contributed by atoms with Gasteiger partial charge in [0, 0.05) is 0 Å². The largest absolute Gasteiger partial charge is 0.347 e. The summed E-state index contributed by atoms with van der Waals surface area (Å²) in [6.07, 6.45) is 0. The molecule has 0 bridgehead atoms. The highest BCUT2D eigenvalue weighted by atomic mass is 32.1. The fraction of sp³-hybridized carbons (Fsp3) is 0.125. The van der Waals surface area contributed by atoms with Crippen molar-refractivity contribution in [3.05, 3.63) is 29.3 Å². The molecule has 1 aromatic carbocycles. The second-order valence-corrected chi connectivity index (χ2v) is 8.43. The summed E-state index contributed by atoms with van der Waals surface area (Å²) in [4.78, 5) is 40.2. The van der Waals surface area contributed by atoms with Crippen molar-refractivity contribution < 1.29 is 28.7 Å². The Morgan fingerprint density at radius 2 is 1.61 bits per heavy atom. The van der Waals surface area contributed by atoms with Gasteiger partial charge in [0.2, 0.25) is 5.40 Å². The van der Waals surface area contributed by atoms with Crippen molar-refractivity contribution in [2.45, 2.75) is 5.40 Å². The molecule has 0 radical (unpaired) electrons. The lowest BCUT2D eigenvalue weighted by Crippen LogP contribution is -2.00. The van der Waals surface area contributed by atoms with Crippen molar-refractivity contribution in [2.75, 3.05) is 0 Å². The minimum atomic E-state index is -4.99. The molecular formula is C8H9NO6P2S. The van der Waals surface area contributed by atoms with Crippen LogP contribution in [0.2, 0.25) is 0 Å². The smallest absolute Gasteiger partial charge is 0.323 e. The normalized spacial score (nSPS) is 13.4. The maximum atomic E-state index is 11.2. The quantitative estimate of drug-likeness (QED) is 0.634. The Hall–Kier alpha value is -0.590. The molecule has 7 nitrogen and oxygen atoms in total. The fourth-order valence-electron chi connectivity index (χ4n) is 1.48. The van der Waals surface area contributed by atoms with Gasteiger partial charge in [-0.2, -0.15) is 0 Å². The summed E-state index contributed by atoms with van der Waals surface area (Å²) < 4.78 is 23.1. The van der Waals surface area contributed by atoms with E-state index in [-0.39, 0.29) is 5.01 Å². The Morgan fingerprint density at radius 1 is 1.06 bits per heavy atom. The number of para-hydroxylation sites is 1. The lowest BCUT2D eigenvalue weighted by molar-refractivity contribution is 0.340. The van der Waals surface area contributed by atoms with Crippen LogP contribution in [-0.2, 0) is 9.13 Å². The lowest BCUT2D eigenvalue weighted by Gasteiger charge is -2.16. The first-order chi connectivity index (χ1) is 8.19. The van der Waals surface area contributed by atoms with E-state index >= 15 is 0 Å². The third kappa shape index (κ3) is 2.70. The van der Waals surface area contributed by atoms with E-state index in [1.807, 2.05) is 0 Å². The van der Waals surface area contributed by atoms with Gasteiger partial charge >= 0.3 is 15.2 Å². The molecule has 2 aromatic rings. The summed E-state index contributed by atoms with van der Waals surface area (Å²) in [5.41, 5.74) is 0.449. The van der Waals surface area contributed by atoms with Crippen molar-refractivity contribution in [1.82, 2.24) is 4.98 Å². The Bertz CT molecular complexity index is 618. The fourth-order valence-corrected chi connectivity index (χ4v) is 5.72. The molecule has 2 rings (SSSR count). The van der Waals surface area contributed by atoms with Crippen molar-refractivity contribution in [3.63, 3.8) is 0 Å². The van der Waals surface area contributed by atoms with E-state index in [9.17, 15) is 9.13 Å². The third-order valence-electron chi connectivity index (χ3n) is 2.17. The van der Waals surface area contributed by atoms with Gasteiger partial charge in [-0.1, -0.05) is 12.1 Å². The van der Waals surface area contributed by atoms with Crippen LogP contribution in [0.1, 0.15) is 10.4 Å². The van der Waals surface area contributed by atoms with E-state index in [2.05, 4.69) is 4.98 Å². The van der Waals surface area contributed by atoms with Gasteiger partial charge in [0.15, 0.2) is 0 Å². The summed E-state index contributed by atoms with van der Waals surface area (Å²) in [5, 5.41) is -2.44. The van der Waals surface area contributed by atoms with E-state index in [0.29, 0.717) is 10.2 Å². The number of thiazole rings is 1. The maximum absolute atomic E-state index is 11.2. The molecular weight excluding hydrogens is 300 g/mol. The number of benzene rings is 1. The first kappa shape index (κ1) is 13.8. The lowest BCUT2D eigenvalue weighted by atomic mass is 10.3. The molecule has 0 unspecified atom stereocenters. The molecule has 0 aliphatic carbocycles. The van der Waals surface area contributed by atoms with Crippen LogP contribution in [0.25, 0.3) is 10.2 Å². The zero-order valence-electron chi connectivity index (χ0n) is 8.74. The van der Waals surface area contributed by atoms with E-state index in [4.69, 9.17) is 19.6 Å². The molecule has 0 aliphatic rings.